The van der Waals surface area contributed by atoms with E-state index in [-0.39, 0.29) is 0 Å². The van der Waals surface area contributed by atoms with Crippen molar-refractivity contribution < 1.29 is 9.47 Å². The Kier molecular flexibility index (Phi) is 6.36. The Labute approximate surface area is 150 Å². The van der Waals surface area contributed by atoms with Gasteiger partial charge < -0.3 is 9.47 Å². The van der Waals surface area contributed by atoms with Crippen LogP contribution in [-0.2, 0) is 17.9 Å². The van der Waals surface area contributed by atoms with Gasteiger partial charge in [-0.25, -0.2) is 9.97 Å². The van der Waals surface area contributed by atoms with Crippen LogP contribution in [0.4, 0.5) is 0 Å². The van der Waals surface area contributed by atoms with E-state index in [0.29, 0.717) is 19.1 Å². The lowest BCUT2D eigenvalue weighted by molar-refractivity contribution is 0.175. The molecule has 5 nitrogen and oxygen atoms in total. The van der Waals surface area contributed by atoms with E-state index in [4.69, 9.17) is 9.47 Å². The standard InChI is InChI=1S/C20H27N3O2/c1-3-25-19-9-5-4-7-17(19)14-23-12-6-8-16(13-23)18-10-11-21-20(22-18)15-24-2/h4-5,7,9-11,16H,3,6,8,12-15H2,1-2H3/t16-/m1/s1. The van der Waals surface area contributed by atoms with Crippen LogP contribution in [0, 0.1) is 0 Å². The maximum absolute atomic E-state index is 5.77. The van der Waals surface area contributed by atoms with Gasteiger partial charge in [-0.3, -0.25) is 4.90 Å². The summed E-state index contributed by atoms with van der Waals surface area (Å²) in [6.45, 7) is 6.24. The summed E-state index contributed by atoms with van der Waals surface area (Å²) in [6, 6.07) is 10.4. The van der Waals surface area contributed by atoms with Crippen molar-refractivity contribution in [3.63, 3.8) is 0 Å². The maximum atomic E-state index is 5.77. The van der Waals surface area contributed by atoms with Gasteiger partial charge >= 0.3 is 0 Å². The minimum atomic E-state index is 0.451. The summed E-state index contributed by atoms with van der Waals surface area (Å²) >= 11 is 0. The number of aromatic nitrogens is 2. The molecule has 0 unspecified atom stereocenters. The normalized spacial score (nSPS) is 18.2. The third-order valence-electron chi connectivity index (χ3n) is 4.59. The predicted molar refractivity (Wildman–Crippen MR) is 97.6 cm³/mol. The van der Waals surface area contributed by atoms with Gasteiger partial charge in [-0.05, 0) is 38.4 Å². The maximum Gasteiger partial charge on any atom is 0.154 e. The molecule has 1 aliphatic rings. The van der Waals surface area contributed by atoms with Crippen molar-refractivity contribution in [2.45, 2.75) is 38.8 Å². The summed E-state index contributed by atoms with van der Waals surface area (Å²) in [5, 5.41) is 0. The molecule has 0 N–H and O–H groups in total. The van der Waals surface area contributed by atoms with Gasteiger partial charge in [0.25, 0.3) is 0 Å². The lowest BCUT2D eigenvalue weighted by Gasteiger charge is -2.32. The summed E-state index contributed by atoms with van der Waals surface area (Å²) in [4.78, 5) is 11.5. The molecule has 2 aromatic rings. The van der Waals surface area contributed by atoms with E-state index in [0.717, 1.165) is 36.9 Å². The Morgan fingerprint density at radius 2 is 2.12 bits per heavy atom. The molecule has 0 saturated carbocycles. The molecular weight excluding hydrogens is 314 g/mol. The number of likely N-dealkylation sites (tertiary alicyclic amines) is 1. The van der Waals surface area contributed by atoms with Crippen LogP contribution >= 0.6 is 0 Å². The summed E-state index contributed by atoms with van der Waals surface area (Å²) in [6.07, 6.45) is 4.21. The number of benzene rings is 1. The molecule has 0 bridgehead atoms. The first kappa shape index (κ1) is 17.8. The first-order chi connectivity index (χ1) is 12.3. The zero-order valence-corrected chi connectivity index (χ0v) is 15.1. The number of para-hydroxylation sites is 1. The van der Waals surface area contributed by atoms with Crippen LogP contribution in [0.2, 0.25) is 0 Å². The number of ether oxygens (including phenoxy) is 2. The molecule has 134 valence electrons. The molecule has 1 atom stereocenters. The Hall–Kier alpha value is -1.98. The number of nitrogens with zero attached hydrogens (tertiary/aromatic N) is 3. The molecule has 2 heterocycles. The zero-order valence-electron chi connectivity index (χ0n) is 15.1. The lowest BCUT2D eigenvalue weighted by Crippen LogP contribution is -2.34. The molecule has 1 aliphatic heterocycles. The predicted octanol–water partition coefficient (Wildman–Crippen LogP) is 3.40. The minimum absolute atomic E-state index is 0.451. The average Bonchev–Trinajstić information content (AvgIpc) is 2.64. The van der Waals surface area contributed by atoms with Crippen molar-refractivity contribution in [2.24, 2.45) is 0 Å². The molecule has 0 radical (unpaired) electrons. The first-order valence-electron chi connectivity index (χ1n) is 9.04. The summed E-state index contributed by atoms with van der Waals surface area (Å²) in [7, 11) is 1.67. The van der Waals surface area contributed by atoms with Crippen LogP contribution in [0.25, 0.3) is 0 Å². The van der Waals surface area contributed by atoms with E-state index in [9.17, 15) is 0 Å². The van der Waals surface area contributed by atoms with Gasteiger partial charge in [-0.2, -0.15) is 0 Å². The number of hydrogen-bond acceptors (Lipinski definition) is 5. The average molecular weight is 341 g/mol. The Balaban J connectivity index is 1.68. The first-order valence-corrected chi connectivity index (χ1v) is 9.04. The van der Waals surface area contributed by atoms with Crippen molar-refractivity contribution in [3.05, 3.63) is 53.6 Å². The second-order valence-electron chi connectivity index (χ2n) is 6.45. The van der Waals surface area contributed by atoms with Gasteiger partial charge in [0.2, 0.25) is 0 Å². The molecule has 1 aromatic carbocycles. The quantitative estimate of drug-likeness (QED) is 0.772. The van der Waals surface area contributed by atoms with Gasteiger partial charge in [0.1, 0.15) is 12.4 Å². The lowest BCUT2D eigenvalue weighted by atomic mass is 9.94. The van der Waals surface area contributed by atoms with E-state index in [1.807, 2.05) is 25.3 Å². The van der Waals surface area contributed by atoms with Crippen LogP contribution in [0.15, 0.2) is 36.5 Å². The zero-order chi connectivity index (χ0) is 17.5. The fourth-order valence-corrected chi connectivity index (χ4v) is 3.45. The van der Waals surface area contributed by atoms with Gasteiger partial charge in [0.15, 0.2) is 5.82 Å². The van der Waals surface area contributed by atoms with E-state index in [1.165, 1.54) is 18.4 Å². The number of hydrogen-bond donors (Lipinski definition) is 0. The SMILES string of the molecule is CCOc1ccccc1CN1CCC[C@@H](c2ccnc(COC)n2)C1. The summed E-state index contributed by atoms with van der Waals surface area (Å²) in [5.41, 5.74) is 2.39. The minimum Gasteiger partial charge on any atom is -0.494 e. The topological polar surface area (TPSA) is 47.5 Å². The molecule has 3 rings (SSSR count). The molecule has 1 aromatic heterocycles. The highest BCUT2D eigenvalue weighted by molar-refractivity contribution is 5.33. The Morgan fingerprint density at radius 1 is 1.24 bits per heavy atom. The van der Waals surface area contributed by atoms with Crippen LogP contribution in [0.3, 0.4) is 0 Å². The van der Waals surface area contributed by atoms with E-state index in [2.05, 4.69) is 33.1 Å². The molecule has 1 fully saturated rings. The highest BCUT2D eigenvalue weighted by Gasteiger charge is 2.23. The smallest absolute Gasteiger partial charge is 0.154 e. The largest absolute Gasteiger partial charge is 0.494 e. The summed E-state index contributed by atoms with van der Waals surface area (Å²) in [5.74, 6) is 2.21. The van der Waals surface area contributed by atoms with Crippen molar-refractivity contribution in [3.8, 4) is 5.75 Å². The van der Waals surface area contributed by atoms with Crippen LogP contribution < -0.4 is 4.74 Å². The highest BCUT2D eigenvalue weighted by atomic mass is 16.5. The number of rotatable bonds is 7. The molecule has 25 heavy (non-hydrogen) atoms. The van der Waals surface area contributed by atoms with Crippen molar-refractivity contribution in [1.29, 1.82) is 0 Å². The second kappa shape index (κ2) is 8.92. The fourth-order valence-electron chi connectivity index (χ4n) is 3.45. The van der Waals surface area contributed by atoms with E-state index >= 15 is 0 Å². The summed E-state index contributed by atoms with van der Waals surface area (Å²) < 4.78 is 10.9. The molecule has 0 spiro atoms. The van der Waals surface area contributed by atoms with Gasteiger partial charge in [0.05, 0.1) is 6.61 Å². The highest BCUT2D eigenvalue weighted by Crippen LogP contribution is 2.28. The van der Waals surface area contributed by atoms with Crippen LogP contribution in [0.1, 0.15) is 42.8 Å². The molecular formula is C20H27N3O2. The molecule has 0 amide bonds. The third kappa shape index (κ3) is 4.77. The molecule has 5 heteroatoms. The second-order valence-corrected chi connectivity index (χ2v) is 6.45. The van der Waals surface area contributed by atoms with Crippen molar-refractivity contribution >= 4 is 0 Å². The van der Waals surface area contributed by atoms with Gasteiger partial charge in [-0.15, -0.1) is 0 Å². The third-order valence-corrected chi connectivity index (χ3v) is 4.59. The Bertz CT molecular complexity index is 677. The molecule has 1 saturated heterocycles. The van der Waals surface area contributed by atoms with Gasteiger partial charge in [0, 0.05) is 43.6 Å². The van der Waals surface area contributed by atoms with E-state index in [1.54, 1.807) is 7.11 Å². The monoisotopic (exact) mass is 341 g/mol. The molecule has 0 aliphatic carbocycles. The van der Waals surface area contributed by atoms with Crippen LogP contribution in [0.5, 0.6) is 5.75 Å². The van der Waals surface area contributed by atoms with Crippen molar-refractivity contribution in [2.75, 3.05) is 26.8 Å². The van der Waals surface area contributed by atoms with Crippen LogP contribution in [-0.4, -0.2) is 41.7 Å². The number of methoxy groups -OCH3 is 1. The van der Waals surface area contributed by atoms with Gasteiger partial charge in [-0.1, -0.05) is 18.2 Å². The fraction of sp³-hybridized carbons (Fsp3) is 0.500. The van der Waals surface area contributed by atoms with Crippen molar-refractivity contribution in [1.82, 2.24) is 14.9 Å². The Morgan fingerprint density at radius 3 is 2.96 bits per heavy atom. The van der Waals surface area contributed by atoms with E-state index < -0.39 is 0 Å². The number of piperidine rings is 1.